The van der Waals surface area contributed by atoms with E-state index in [-0.39, 0.29) is 23.8 Å². The number of carbonyl (C=O) groups is 4. The third-order valence-corrected chi connectivity index (χ3v) is 13.7. The minimum atomic E-state index is -0.478. The number of pyridine rings is 1. The first-order chi connectivity index (χ1) is 30.6. The van der Waals surface area contributed by atoms with Crippen molar-refractivity contribution < 1.29 is 19.2 Å². The number of carbonyl (C=O) groups excluding carboxylic acids is 4. The maximum atomic E-state index is 13.1. The van der Waals surface area contributed by atoms with Crippen molar-refractivity contribution in [3.8, 4) is 11.3 Å². The highest BCUT2D eigenvalue weighted by molar-refractivity contribution is 6.02. The molecule has 3 saturated heterocycles. The summed E-state index contributed by atoms with van der Waals surface area (Å²) in [6, 6.07) is 19.2. The Labute approximate surface area is 366 Å². The van der Waals surface area contributed by atoms with Crippen molar-refractivity contribution in [1.29, 1.82) is 0 Å². The highest BCUT2D eigenvalue weighted by atomic mass is 16.2. The fourth-order valence-electron chi connectivity index (χ4n) is 9.96. The Morgan fingerprint density at radius 2 is 1.75 bits per heavy atom. The van der Waals surface area contributed by atoms with Crippen molar-refractivity contribution in [3.05, 3.63) is 83.8 Å². The molecule has 3 aromatic heterocycles. The Balaban J connectivity index is 0.748. The summed E-state index contributed by atoms with van der Waals surface area (Å²) in [4.78, 5) is 69.6. The van der Waals surface area contributed by atoms with Gasteiger partial charge in [0.25, 0.3) is 5.91 Å². The molecule has 326 valence electrons. The Bertz CT molecular complexity index is 2580. The fourth-order valence-corrected chi connectivity index (χ4v) is 9.96. The molecule has 5 aliphatic rings. The van der Waals surface area contributed by atoms with Crippen LogP contribution in [0.25, 0.3) is 16.9 Å². The molecule has 63 heavy (non-hydrogen) atoms. The largest absolute Gasteiger partial charge is 0.385 e. The summed E-state index contributed by atoms with van der Waals surface area (Å²) in [6.45, 7) is 4.80. The van der Waals surface area contributed by atoms with Gasteiger partial charge in [-0.1, -0.05) is 18.2 Å². The number of imidazole rings is 1. The Hall–Kier alpha value is -6.55. The van der Waals surface area contributed by atoms with Crippen LogP contribution in [-0.2, 0) is 27.2 Å². The van der Waals surface area contributed by atoms with Gasteiger partial charge in [0.05, 0.1) is 29.0 Å². The first-order valence-corrected chi connectivity index (χ1v) is 22.3. The number of anilines is 6. The minimum absolute atomic E-state index is 0.151. The van der Waals surface area contributed by atoms with Gasteiger partial charge in [-0.3, -0.25) is 34.4 Å². The highest BCUT2D eigenvalue weighted by Gasteiger charge is 2.36. The zero-order valence-corrected chi connectivity index (χ0v) is 36.1. The number of hydrogen-bond acceptors (Lipinski definition) is 12. The molecule has 5 aromatic rings. The number of amides is 4. The molecular formula is C47H54N12O4. The van der Waals surface area contributed by atoms with E-state index in [4.69, 9.17) is 10.1 Å². The van der Waals surface area contributed by atoms with Gasteiger partial charge in [0.2, 0.25) is 18.2 Å². The van der Waals surface area contributed by atoms with E-state index in [0.717, 1.165) is 123 Å². The number of imide groups is 1. The van der Waals surface area contributed by atoms with Crippen LogP contribution in [0.4, 0.5) is 34.3 Å². The van der Waals surface area contributed by atoms with Gasteiger partial charge in [-0.05, 0) is 92.3 Å². The molecule has 0 radical (unpaired) electrons. The van der Waals surface area contributed by atoms with Crippen molar-refractivity contribution in [1.82, 2.24) is 35.1 Å². The second-order valence-electron chi connectivity index (χ2n) is 17.8. The van der Waals surface area contributed by atoms with E-state index in [1.807, 2.05) is 37.2 Å². The van der Waals surface area contributed by atoms with E-state index >= 15 is 0 Å². The van der Waals surface area contributed by atoms with Crippen molar-refractivity contribution in [2.45, 2.75) is 69.5 Å². The number of likely N-dealkylation sites (N-methyl/N-ethyl adjacent to an activating group) is 1. The normalized spacial score (nSPS) is 19.4. The van der Waals surface area contributed by atoms with Crippen LogP contribution in [0.5, 0.6) is 0 Å². The van der Waals surface area contributed by atoms with Crippen LogP contribution in [0.2, 0.25) is 0 Å². The predicted molar refractivity (Wildman–Crippen MR) is 243 cm³/mol. The lowest BCUT2D eigenvalue weighted by Gasteiger charge is -2.47. The SMILES string of the molecule is CNc1cc(N2CCc3c(-c4ccc(CC5CN(C6CCN(c7ccc(N(C)C8CCC(=O)NC8=O)c(N(C)C=O)c7)CC6)C5)cn4)cccc32)nn2c(C(=O)NC3CC3)cnc12. The Morgan fingerprint density at radius 1 is 0.921 bits per heavy atom. The molecular weight excluding hydrogens is 797 g/mol. The van der Waals surface area contributed by atoms with E-state index in [0.29, 0.717) is 36.1 Å². The number of rotatable bonds is 13. The maximum Gasteiger partial charge on any atom is 0.271 e. The molecule has 1 unspecified atom stereocenters. The van der Waals surface area contributed by atoms with Gasteiger partial charge in [0.1, 0.15) is 6.04 Å². The molecule has 3 N–H and O–H groups in total. The second-order valence-corrected chi connectivity index (χ2v) is 17.8. The quantitative estimate of drug-likeness (QED) is 0.113. The van der Waals surface area contributed by atoms with Crippen LogP contribution in [0, 0.1) is 5.92 Å². The number of fused-ring (bicyclic) bond motifs is 2. The Morgan fingerprint density at radius 3 is 2.48 bits per heavy atom. The van der Waals surface area contributed by atoms with E-state index in [1.165, 1.54) is 11.1 Å². The van der Waals surface area contributed by atoms with Gasteiger partial charge >= 0.3 is 0 Å². The molecule has 0 bridgehead atoms. The van der Waals surface area contributed by atoms with E-state index in [1.54, 1.807) is 22.7 Å². The molecule has 1 aliphatic carbocycles. The number of hydrogen-bond donors (Lipinski definition) is 3. The number of piperidine rings is 2. The number of benzene rings is 2. The predicted octanol–water partition coefficient (Wildman–Crippen LogP) is 4.40. The van der Waals surface area contributed by atoms with Gasteiger partial charge in [-0.15, -0.1) is 5.10 Å². The first-order valence-electron chi connectivity index (χ1n) is 22.3. The van der Waals surface area contributed by atoms with E-state index < -0.39 is 6.04 Å². The summed E-state index contributed by atoms with van der Waals surface area (Å²) in [5, 5.41) is 13.7. The molecule has 4 aliphatic heterocycles. The van der Waals surface area contributed by atoms with Crippen molar-refractivity contribution in [2.75, 3.05) is 78.8 Å². The number of aromatic nitrogens is 4. The van der Waals surface area contributed by atoms with Crippen LogP contribution >= 0.6 is 0 Å². The van der Waals surface area contributed by atoms with Gasteiger partial charge < -0.3 is 30.2 Å². The lowest BCUT2D eigenvalue weighted by Crippen LogP contribution is -2.55. The minimum Gasteiger partial charge on any atom is -0.385 e. The fraction of sp³-hybridized carbons (Fsp3) is 0.426. The van der Waals surface area contributed by atoms with Gasteiger partial charge in [-0.25, -0.2) is 9.50 Å². The van der Waals surface area contributed by atoms with Crippen LogP contribution in [-0.4, -0.2) is 121 Å². The molecule has 0 spiro atoms. The number of likely N-dealkylation sites (tertiary alicyclic amines) is 1. The van der Waals surface area contributed by atoms with Crippen molar-refractivity contribution >= 4 is 64.0 Å². The maximum absolute atomic E-state index is 13.1. The summed E-state index contributed by atoms with van der Waals surface area (Å²) in [7, 11) is 5.43. The van der Waals surface area contributed by atoms with Crippen LogP contribution in [0.1, 0.15) is 60.1 Å². The first kappa shape index (κ1) is 40.5. The van der Waals surface area contributed by atoms with Gasteiger partial charge in [0, 0.05) is 102 Å². The van der Waals surface area contributed by atoms with Crippen molar-refractivity contribution in [2.24, 2.45) is 5.92 Å². The summed E-state index contributed by atoms with van der Waals surface area (Å²) in [5.41, 5.74) is 10.1. The molecule has 10 rings (SSSR count). The third kappa shape index (κ3) is 7.81. The lowest BCUT2D eigenvalue weighted by atomic mass is 9.88. The second kappa shape index (κ2) is 16.6. The summed E-state index contributed by atoms with van der Waals surface area (Å²) >= 11 is 0. The van der Waals surface area contributed by atoms with Crippen molar-refractivity contribution in [3.63, 3.8) is 0 Å². The topological polar surface area (TPSA) is 164 Å². The zero-order valence-electron chi connectivity index (χ0n) is 36.1. The molecule has 16 nitrogen and oxygen atoms in total. The summed E-state index contributed by atoms with van der Waals surface area (Å²) in [6.07, 6.45) is 11.2. The molecule has 1 saturated carbocycles. The number of nitrogens with zero attached hydrogens (tertiary/aromatic N) is 9. The standard InChI is InChI=1S/C47H54N12O4/c1-48-37-23-43(53-59-42(25-50-45(37)59)47(63)51-31-8-9-31)58-20-17-35-34(5-4-6-38(35)58)36-11-7-29(24-49-36)21-30-26-57(27-30)32-15-18-56(19-16-32)33-10-12-39(41(22-33)54(2)28-60)55(3)40-13-14-44(61)52-46(40)62/h4-7,10-12,22-25,28,30-32,40,48H,8-9,13-21,26-27H2,1-3H3,(H,51,63)(H,52,61,62). The Kier molecular flexibility index (Phi) is 10.7. The molecule has 4 fully saturated rings. The van der Waals surface area contributed by atoms with E-state index in [9.17, 15) is 19.2 Å². The highest BCUT2D eigenvalue weighted by Crippen LogP contribution is 2.41. The molecule has 1 atom stereocenters. The third-order valence-electron chi connectivity index (χ3n) is 13.7. The number of nitrogens with one attached hydrogen (secondary N) is 3. The molecule has 2 aromatic carbocycles. The smallest absolute Gasteiger partial charge is 0.271 e. The van der Waals surface area contributed by atoms with Crippen LogP contribution in [0.3, 0.4) is 0 Å². The monoisotopic (exact) mass is 850 g/mol. The summed E-state index contributed by atoms with van der Waals surface area (Å²) < 4.78 is 1.66. The van der Waals surface area contributed by atoms with Gasteiger partial charge in [-0.2, -0.15) is 0 Å². The average Bonchev–Trinajstić information content (AvgIpc) is 3.82. The lowest BCUT2D eigenvalue weighted by molar-refractivity contribution is -0.134. The average molecular weight is 851 g/mol. The molecule has 7 heterocycles. The molecule has 16 heteroatoms. The summed E-state index contributed by atoms with van der Waals surface area (Å²) in [5.74, 6) is 0.650. The molecule has 4 amide bonds. The van der Waals surface area contributed by atoms with Gasteiger partial charge in [0.15, 0.2) is 17.2 Å². The van der Waals surface area contributed by atoms with Crippen LogP contribution in [0.15, 0.2) is 67.0 Å². The van der Waals surface area contributed by atoms with E-state index in [2.05, 4.69) is 78.2 Å². The zero-order chi connectivity index (χ0) is 43.4. The van der Waals surface area contributed by atoms with Crippen LogP contribution < -0.4 is 35.6 Å².